The van der Waals surface area contributed by atoms with Gasteiger partial charge in [0.25, 0.3) is 5.91 Å². The van der Waals surface area contributed by atoms with Gasteiger partial charge in [0.05, 0.1) is 16.4 Å². The molecule has 0 unspecified atom stereocenters. The highest BCUT2D eigenvalue weighted by atomic mass is 32.2. The number of furan rings is 1. The largest absolute Gasteiger partial charge is 0.439 e. The number of sulfone groups is 2. The zero-order valence-electron chi connectivity index (χ0n) is 16.8. The normalized spacial score (nSPS) is 17.8. The number of carbonyl (C=O) groups is 1. The van der Waals surface area contributed by atoms with Gasteiger partial charge in [0.15, 0.2) is 15.6 Å². The van der Waals surface area contributed by atoms with Crippen LogP contribution >= 0.6 is 0 Å². The average molecular weight is 478 g/mol. The summed E-state index contributed by atoms with van der Waals surface area (Å²) in [4.78, 5) is 14.6. The van der Waals surface area contributed by atoms with Crippen molar-refractivity contribution in [2.24, 2.45) is 0 Å². The molecule has 168 valence electrons. The lowest BCUT2D eigenvalue weighted by molar-refractivity contribution is 0.0642. The van der Waals surface area contributed by atoms with Crippen LogP contribution in [-0.2, 0) is 26.2 Å². The van der Waals surface area contributed by atoms with Crippen LogP contribution < -0.4 is 0 Å². The van der Waals surface area contributed by atoms with E-state index in [0.29, 0.717) is 5.56 Å². The maximum absolute atomic E-state index is 13.3. The van der Waals surface area contributed by atoms with Gasteiger partial charge in [-0.15, -0.1) is 0 Å². The van der Waals surface area contributed by atoms with Crippen molar-refractivity contribution < 1.29 is 30.4 Å². The van der Waals surface area contributed by atoms with E-state index in [1.54, 1.807) is 18.2 Å². The van der Waals surface area contributed by atoms with Crippen LogP contribution in [0.2, 0.25) is 0 Å². The fraction of sp³-hybridized carbons (Fsp3) is 0.227. The third kappa shape index (κ3) is 4.61. The molecule has 1 aliphatic rings. The summed E-state index contributed by atoms with van der Waals surface area (Å²) >= 11 is 0. The van der Waals surface area contributed by atoms with E-state index in [4.69, 9.17) is 4.42 Å². The van der Waals surface area contributed by atoms with E-state index in [0.717, 1.165) is 0 Å². The minimum absolute atomic E-state index is 0.0263. The molecule has 1 saturated heterocycles. The van der Waals surface area contributed by atoms with Crippen molar-refractivity contribution in [2.45, 2.75) is 29.0 Å². The van der Waals surface area contributed by atoms with Gasteiger partial charge in [-0.2, -0.15) is 0 Å². The first-order valence-electron chi connectivity index (χ1n) is 9.81. The van der Waals surface area contributed by atoms with Gasteiger partial charge in [0.2, 0.25) is 14.9 Å². The number of nitrogens with zero attached hydrogens (tertiary/aromatic N) is 1. The van der Waals surface area contributed by atoms with Crippen LogP contribution in [0.3, 0.4) is 0 Å². The van der Waals surface area contributed by atoms with Crippen molar-refractivity contribution in [3.8, 4) is 0 Å². The van der Waals surface area contributed by atoms with E-state index < -0.39 is 37.4 Å². The van der Waals surface area contributed by atoms with Crippen LogP contribution in [0.4, 0.5) is 4.39 Å². The molecule has 4 rings (SSSR count). The van der Waals surface area contributed by atoms with Crippen molar-refractivity contribution in [1.29, 1.82) is 0 Å². The highest BCUT2D eigenvalue weighted by molar-refractivity contribution is 7.91. The van der Waals surface area contributed by atoms with Gasteiger partial charge in [-0.1, -0.05) is 30.3 Å². The van der Waals surface area contributed by atoms with Crippen LogP contribution in [0.5, 0.6) is 0 Å². The number of hydrogen-bond donors (Lipinski definition) is 0. The Balaban J connectivity index is 1.65. The Morgan fingerprint density at radius 2 is 1.72 bits per heavy atom. The van der Waals surface area contributed by atoms with Crippen LogP contribution in [0.15, 0.2) is 81.1 Å². The maximum atomic E-state index is 13.3. The second kappa shape index (κ2) is 8.51. The van der Waals surface area contributed by atoms with Crippen molar-refractivity contribution in [1.82, 2.24) is 4.90 Å². The number of amides is 1. The third-order valence-electron chi connectivity index (χ3n) is 5.29. The predicted molar refractivity (Wildman–Crippen MR) is 114 cm³/mol. The molecule has 0 aliphatic carbocycles. The van der Waals surface area contributed by atoms with E-state index in [9.17, 15) is 26.0 Å². The molecule has 0 bridgehead atoms. The molecule has 7 nitrogen and oxygen atoms in total. The Kier molecular flexibility index (Phi) is 5.91. The fourth-order valence-corrected chi connectivity index (χ4v) is 6.54. The van der Waals surface area contributed by atoms with Crippen LogP contribution in [0.25, 0.3) is 0 Å². The fourth-order valence-electron chi connectivity index (χ4n) is 3.61. The summed E-state index contributed by atoms with van der Waals surface area (Å²) in [6, 6.07) is 15.1. The van der Waals surface area contributed by atoms with E-state index >= 15 is 0 Å². The van der Waals surface area contributed by atoms with Gasteiger partial charge in [0.1, 0.15) is 5.82 Å². The zero-order chi connectivity index (χ0) is 22.9. The number of benzene rings is 2. The lowest BCUT2D eigenvalue weighted by atomic mass is 10.1. The molecule has 10 heteroatoms. The maximum Gasteiger partial charge on any atom is 0.290 e. The molecule has 2 aromatic carbocycles. The Morgan fingerprint density at radius 3 is 2.34 bits per heavy atom. The molecule has 0 saturated carbocycles. The lowest BCUT2D eigenvalue weighted by Gasteiger charge is -2.27. The van der Waals surface area contributed by atoms with Crippen molar-refractivity contribution in [3.63, 3.8) is 0 Å². The smallest absolute Gasteiger partial charge is 0.290 e. The van der Waals surface area contributed by atoms with Gasteiger partial charge in [-0.05, 0) is 48.4 Å². The quantitative estimate of drug-likeness (QED) is 0.541. The topological polar surface area (TPSA) is 102 Å². The summed E-state index contributed by atoms with van der Waals surface area (Å²) < 4.78 is 68.2. The Labute approximate surface area is 185 Å². The summed E-state index contributed by atoms with van der Waals surface area (Å²) in [5, 5.41) is -0.382. The number of rotatable bonds is 6. The standard InChI is InChI=1S/C22H20FNO6S2/c23-17-8-6-16(7-9-17)14-24(18-12-13-31(26,27)15-18)22(25)20-10-11-21(30-20)32(28,29)19-4-2-1-3-5-19/h1-11,18H,12-15H2/t18-/m1/s1. The number of carbonyl (C=O) groups excluding carboxylic acids is 1. The van der Waals surface area contributed by atoms with E-state index in [2.05, 4.69) is 0 Å². The van der Waals surface area contributed by atoms with E-state index in [1.807, 2.05) is 0 Å². The van der Waals surface area contributed by atoms with Crippen LogP contribution in [0.1, 0.15) is 22.5 Å². The minimum Gasteiger partial charge on any atom is -0.439 e. The van der Waals surface area contributed by atoms with Crippen molar-refractivity contribution >= 4 is 25.6 Å². The first-order chi connectivity index (χ1) is 15.2. The molecule has 0 spiro atoms. The van der Waals surface area contributed by atoms with E-state index in [1.165, 1.54) is 53.4 Å². The minimum atomic E-state index is -3.95. The highest BCUT2D eigenvalue weighted by Gasteiger charge is 2.36. The lowest BCUT2D eigenvalue weighted by Crippen LogP contribution is -2.40. The SMILES string of the molecule is O=C(c1ccc(S(=O)(=O)c2ccccc2)o1)N(Cc1ccc(F)cc1)[C@@H]1CCS(=O)(=O)C1. The summed E-state index contributed by atoms with van der Waals surface area (Å²) in [6.07, 6.45) is 0.255. The molecule has 1 atom stereocenters. The highest BCUT2D eigenvalue weighted by Crippen LogP contribution is 2.26. The van der Waals surface area contributed by atoms with Crippen LogP contribution in [0, 0.1) is 5.82 Å². The summed E-state index contributed by atoms with van der Waals surface area (Å²) in [5.41, 5.74) is 0.604. The summed E-state index contributed by atoms with van der Waals surface area (Å²) in [6.45, 7) is 0.0285. The molecule has 0 radical (unpaired) electrons. The second-order valence-electron chi connectivity index (χ2n) is 7.55. The van der Waals surface area contributed by atoms with Gasteiger partial charge >= 0.3 is 0 Å². The summed E-state index contributed by atoms with van der Waals surface area (Å²) in [5.74, 6) is -1.53. The Morgan fingerprint density at radius 1 is 1.03 bits per heavy atom. The van der Waals surface area contributed by atoms with Gasteiger partial charge in [0, 0.05) is 12.6 Å². The van der Waals surface area contributed by atoms with Crippen LogP contribution in [-0.4, -0.2) is 45.2 Å². The average Bonchev–Trinajstić information content (AvgIpc) is 3.41. The molecule has 1 amide bonds. The molecule has 3 aromatic rings. The number of hydrogen-bond acceptors (Lipinski definition) is 6. The third-order valence-corrected chi connectivity index (χ3v) is 8.68. The number of halogens is 1. The van der Waals surface area contributed by atoms with Gasteiger partial charge in [-0.25, -0.2) is 21.2 Å². The Bertz CT molecular complexity index is 1330. The molecule has 32 heavy (non-hydrogen) atoms. The first-order valence-corrected chi connectivity index (χ1v) is 13.1. The van der Waals surface area contributed by atoms with Gasteiger partial charge < -0.3 is 9.32 Å². The zero-order valence-corrected chi connectivity index (χ0v) is 18.5. The van der Waals surface area contributed by atoms with Crippen molar-refractivity contribution in [3.05, 3.63) is 83.9 Å². The predicted octanol–water partition coefficient (Wildman–Crippen LogP) is 3.08. The molecule has 1 fully saturated rings. The summed E-state index contributed by atoms with van der Waals surface area (Å²) in [7, 11) is -7.24. The molecule has 0 N–H and O–H groups in total. The van der Waals surface area contributed by atoms with Crippen molar-refractivity contribution in [2.75, 3.05) is 11.5 Å². The molecular weight excluding hydrogens is 457 g/mol. The first kappa shape index (κ1) is 22.2. The monoisotopic (exact) mass is 477 g/mol. The van der Waals surface area contributed by atoms with Gasteiger partial charge in [-0.3, -0.25) is 4.79 Å². The molecular formula is C22H20FNO6S2. The molecule has 2 heterocycles. The Hall–Kier alpha value is -2.98. The van der Waals surface area contributed by atoms with E-state index in [-0.39, 0.29) is 40.2 Å². The molecule has 1 aliphatic heterocycles. The molecule has 1 aromatic heterocycles. The second-order valence-corrected chi connectivity index (χ2v) is 11.7.